The second-order valence-electron chi connectivity index (χ2n) is 7.11. The Bertz CT molecular complexity index is 764. The maximum atomic E-state index is 11.0. The number of aromatic nitrogens is 2. The molecule has 0 saturated heterocycles. The molecule has 0 aliphatic heterocycles. The number of hydrogen-bond donors (Lipinski definition) is 7. The van der Waals surface area contributed by atoms with E-state index in [1.54, 1.807) is 17.0 Å². The highest BCUT2D eigenvalue weighted by Crippen LogP contribution is 2.18. The highest BCUT2D eigenvalue weighted by atomic mass is 16.4. The van der Waals surface area contributed by atoms with Gasteiger partial charge in [0.05, 0.1) is 18.1 Å². The average molecular weight is 427 g/mol. The van der Waals surface area contributed by atoms with Crippen molar-refractivity contribution in [2.24, 2.45) is 17.2 Å². The van der Waals surface area contributed by atoms with Gasteiger partial charge in [-0.25, -0.2) is 4.98 Å². The van der Waals surface area contributed by atoms with E-state index in [1.807, 2.05) is 0 Å². The smallest absolute Gasteiger partial charge is 0.320 e. The molecule has 0 spiro atoms. The molecule has 0 aromatic carbocycles. The summed E-state index contributed by atoms with van der Waals surface area (Å²) in [5.74, 6) is -3.45. The summed E-state index contributed by atoms with van der Waals surface area (Å²) in [6.07, 6.45) is 4.60. The molecule has 30 heavy (non-hydrogen) atoms. The van der Waals surface area contributed by atoms with E-state index >= 15 is 0 Å². The summed E-state index contributed by atoms with van der Waals surface area (Å²) in [5, 5.41) is 36.9. The fourth-order valence-electron chi connectivity index (χ4n) is 2.66. The minimum Gasteiger partial charge on any atom is -0.480 e. The summed E-state index contributed by atoms with van der Waals surface area (Å²) in [5.41, 5.74) is 17.6. The van der Waals surface area contributed by atoms with Crippen LogP contribution in [0.3, 0.4) is 0 Å². The monoisotopic (exact) mass is 427 g/mol. The summed E-state index contributed by atoms with van der Waals surface area (Å²) in [6, 6.07) is -3.24. The molecule has 0 aliphatic carbocycles. The molecule has 168 valence electrons. The van der Waals surface area contributed by atoms with E-state index in [4.69, 9.17) is 32.5 Å². The van der Waals surface area contributed by atoms with E-state index in [1.165, 1.54) is 6.33 Å². The molecule has 1 heterocycles. The lowest BCUT2D eigenvalue weighted by atomic mass is 9.98. The zero-order chi connectivity index (χ0) is 22.8. The van der Waals surface area contributed by atoms with Gasteiger partial charge in [0.25, 0.3) is 0 Å². The van der Waals surface area contributed by atoms with Crippen molar-refractivity contribution in [3.63, 3.8) is 0 Å². The zero-order valence-electron chi connectivity index (χ0n) is 16.4. The number of aliphatic hydroxyl groups excluding tert-OH is 1. The third-order valence-corrected chi connectivity index (χ3v) is 4.45. The number of carboxylic acids is 3. The van der Waals surface area contributed by atoms with E-state index in [-0.39, 0.29) is 38.5 Å². The topological polar surface area (TPSA) is 228 Å². The number of rotatable bonds is 14. The fourth-order valence-corrected chi connectivity index (χ4v) is 2.66. The van der Waals surface area contributed by atoms with Gasteiger partial charge in [-0.2, -0.15) is 0 Å². The van der Waals surface area contributed by atoms with Crippen molar-refractivity contribution in [2.75, 3.05) is 0 Å². The standard InChI is InChI=1S/C18H29N5O7/c19-13(16(25)26)3-1-10(5-12(24)2-4-14(20)17(27)28)7-23-8-11(22-9-23)6-15(21)18(29)30/h7-9,12-15,24H,1-6,19-21H2,(H,25,26)(H,27,28)(H,29,30). The summed E-state index contributed by atoms with van der Waals surface area (Å²) >= 11 is 0. The van der Waals surface area contributed by atoms with Crippen LogP contribution in [0.25, 0.3) is 6.20 Å². The number of carbonyl (C=O) groups is 3. The molecule has 0 aliphatic rings. The number of aliphatic carboxylic acids is 3. The molecule has 4 atom stereocenters. The van der Waals surface area contributed by atoms with Gasteiger partial charge < -0.3 is 42.2 Å². The van der Waals surface area contributed by atoms with Crippen LogP contribution in [0.5, 0.6) is 0 Å². The molecule has 0 radical (unpaired) electrons. The maximum absolute atomic E-state index is 11.0. The summed E-state index contributed by atoms with van der Waals surface area (Å²) in [6.45, 7) is 0. The number of aliphatic hydroxyl groups is 1. The Balaban J connectivity index is 2.86. The molecule has 12 nitrogen and oxygen atoms in total. The van der Waals surface area contributed by atoms with Crippen LogP contribution in [0.15, 0.2) is 18.1 Å². The van der Waals surface area contributed by atoms with Gasteiger partial charge in [-0.1, -0.05) is 5.57 Å². The Morgan fingerprint density at radius 2 is 1.53 bits per heavy atom. The van der Waals surface area contributed by atoms with Gasteiger partial charge in [-0.15, -0.1) is 0 Å². The molecule has 10 N–H and O–H groups in total. The van der Waals surface area contributed by atoms with Crippen LogP contribution in [0, 0.1) is 0 Å². The van der Waals surface area contributed by atoms with Gasteiger partial charge in [-0.3, -0.25) is 14.4 Å². The number of nitrogens with two attached hydrogens (primary N) is 3. The van der Waals surface area contributed by atoms with Crippen molar-refractivity contribution in [1.82, 2.24) is 9.55 Å². The minimum atomic E-state index is -1.16. The first-order valence-corrected chi connectivity index (χ1v) is 9.34. The van der Waals surface area contributed by atoms with Crippen LogP contribution in [0.2, 0.25) is 0 Å². The highest BCUT2D eigenvalue weighted by molar-refractivity contribution is 5.73. The van der Waals surface area contributed by atoms with E-state index in [9.17, 15) is 19.5 Å². The first kappa shape index (κ1) is 25.2. The Morgan fingerprint density at radius 3 is 2.10 bits per heavy atom. The third kappa shape index (κ3) is 9.13. The molecule has 1 aromatic heterocycles. The third-order valence-electron chi connectivity index (χ3n) is 4.45. The lowest BCUT2D eigenvalue weighted by Crippen LogP contribution is -2.32. The number of hydrogen-bond acceptors (Lipinski definition) is 8. The number of carboxylic acid groups (broad SMARTS) is 3. The normalized spacial score (nSPS) is 15.9. The van der Waals surface area contributed by atoms with Crippen LogP contribution in [0.1, 0.15) is 37.8 Å². The lowest BCUT2D eigenvalue weighted by Gasteiger charge is -2.16. The van der Waals surface area contributed by atoms with E-state index in [0.29, 0.717) is 11.3 Å². The van der Waals surface area contributed by atoms with Gasteiger partial charge >= 0.3 is 17.9 Å². The van der Waals surface area contributed by atoms with Crippen LogP contribution >= 0.6 is 0 Å². The quantitative estimate of drug-likeness (QED) is 0.187. The zero-order valence-corrected chi connectivity index (χ0v) is 16.4. The van der Waals surface area contributed by atoms with E-state index in [0.717, 1.165) is 0 Å². The molecule has 0 saturated carbocycles. The van der Waals surface area contributed by atoms with Gasteiger partial charge in [0.15, 0.2) is 0 Å². The average Bonchev–Trinajstić information content (AvgIpc) is 3.10. The Morgan fingerprint density at radius 1 is 0.967 bits per heavy atom. The SMILES string of the molecule is NC(CCC(=Cn1cnc(CC(N)C(=O)O)c1)CC(O)CCC(N)C(=O)O)C(=O)O. The van der Waals surface area contributed by atoms with Gasteiger partial charge in [0.1, 0.15) is 18.1 Å². The predicted octanol–water partition coefficient (Wildman–Crippen LogP) is -1.19. The molecular weight excluding hydrogens is 398 g/mol. The van der Waals surface area contributed by atoms with Crippen molar-refractivity contribution < 1.29 is 34.8 Å². The molecule has 12 heteroatoms. The number of nitrogens with zero attached hydrogens (tertiary/aromatic N) is 2. The minimum absolute atomic E-state index is 0.0328. The molecule has 0 fully saturated rings. The van der Waals surface area contributed by atoms with Gasteiger partial charge in [-0.05, 0) is 32.1 Å². The van der Waals surface area contributed by atoms with Crippen molar-refractivity contribution in [3.8, 4) is 0 Å². The first-order valence-electron chi connectivity index (χ1n) is 9.34. The van der Waals surface area contributed by atoms with E-state index in [2.05, 4.69) is 4.98 Å². The molecule has 0 bridgehead atoms. The Labute approximate surface area is 173 Å². The predicted molar refractivity (Wildman–Crippen MR) is 106 cm³/mol. The molecule has 1 aromatic rings. The molecular formula is C18H29N5O7. The largest absolute Gasteiger partial charge is 0.480 e. The summed E-state index contributed by atoms with van der Waals surface area (Å²) in [7, 11) is 0. The molecule has 1 rings (SSSR count). The first-order chi connectivity index (χ1) is 14.0. The van der Waals surface area contributed by atoms with Crippen molar-refractivity contribution in [3.05, 3.63) is 23.8 Å². The maximum Gasteiger partial charge on any atom is 0.320 e. The van der Waals surface area contributed by atoms with Crippen LogP contribution in [-0.2, 0) is 20.8 Å². The fraction of sp³-hybridized carbons (Fsp3) is 0.556. The second-order valence-corrected chi connectivity index (χ2v) is 7.11. The van der Waals surface area contributed by atoms with Gasteiger partial charge in [0.2, 0.25) is 0 Å². The van der Waals surface area contributed by atoms with Crippen LogP contribution in [0.4, 0.5) is 0 Å². The highest BCUT2D eigenvalue weighted by Gasteiger charge is 2.18. The van der Waals surface area contributed by atoms with Gasteiger partial charge in [0, 0.05) is 18.8 Å². The molecule has 4 unspecified atom stereocenters. The Kier molecular flexibility index (Phi) is 10.1. The lowest BCUT2D eigenvalue weighted by molar-refractivity contribution is -0.139. The van der Waals surface area contributed by atoms with Crippen LogP contribution < -0.4 is 17.2 Å². The Hall–Kier alpha value is -2.80. The van der Waals surface area contributed by atoms with Crippen molar-refractivity contribution in [2.45, 2.75) is 62.8 Å². The molecule has 0 amide bonds. The van der Waals surface area contributed by atoms with Crippen LogP contribution in [-0.4, -0.2) is 72.1 Å². The summed E-state index contributed by atoms with van der Waals surface area (Å²) < 4.78 is 1.56. The number of imidazole rings is 1. The van der Waals surface area contributed by atoms with Crippen molar-refractivity contribution in [1.29, 1.82) is 0 Å². The van der Waals surface area contributed by atoms with E-state index < -0.39 is 42.1 Å². The summed E-state index contributed by atoms with van der Waals surface area (Å²) in [4.78, 5) is 36.7. The van der Waals surface area contributed by atoms with Crippen molar-refractivity contribution >= 4 is 24.1 Å². The second kappa shape index (κ2) is 12.0.